The minimum absolute atomic E-state index is 0.0586. The third kappa shape index (κ3) is 4.63. The van der Waals surface area contributed by atoms with Gasteiger partial charge < -0.3 is 10.1 Å². The van der Waals surface area contributed by atoms with Gasteiger partial charge in [0.15, 0.2) is 11.6 Å². The predicted octanol–water partition coefficient (Wildman–Crippen LogP) is 2.76. The topological polar surface area (TPSA) is 55.4 Å². The average Bonchev–Trinajstić information content (AvgIpc) is 2.57. The summed E-state index contributed by atoms with van der Waals surface area (Å²) in [6.45, 7) is 2.21. The standard InChI is InChI=1S/C17H18FNO3S/c1-2-22-16-14(9-6-10-15(16)18)17(20)19-11-12-23(21)13-7-4-3-5-8-13/h3-10H,2,11-12H2,1H3,(H,19,20). The van der Waals surface area contributed by atoms with Gasteiger partial charge in [-0.15, -0.1) is 0 Å². The van der Waals surface area contributed by atoms with Crippen molar-refractivity contribution in [2.45, 2.75) is 11.8 Å². The van der Waals surface area contributed by atoms with Gasteiger partial charge in [-0.1, -0.05) is 24.3 Å². The van der Waals surface area contributed by atoms with Crippen LogP contribution in [0, 0.1) is 5.82 Å². The van der Waals surface area contributed by atoms with E-state index in [9.17, 15) is 13.4 Å². The third-order valence-corrected chi connectivity index (χ3v) is 4.45. The van der Waals surface area contributed by atoms with Crippen molar-refractivity contribution >= 4 is 16.7 Å². The van der Waals surface area contributed by atoms with Crippen molar-refractivity contribution < 1.29 is 18.1 Å². The molecule has 0 radical (unpaired) electrons. The van der Waals surface area contributed by atoms with Gasteiger partial charge in [-0.3, -0.25) is 9.00 Å². The number of hydrogen-bond donors (Lipinski definition) is 1. The molecule has 0 heterocycles. The van der Waals surface area contributed by atoms with Crippen molar-refractivity contribution in [3.05, 3.63) is 59.9 Å². The van der Waals surface area contributed by atoms with E-state index < -0.39 is 22.5 Å². The van der Waals surface area contributed by atoms with E-state index >= 15 is 0 Å². The monoisotopic (exact) mass is 335 g/mol. The average molecular weight is 335 g/mol. The summed E-state index contributed by atoms with van der Waals surface area (Å²) >= 11 is 0. The second-order valence-corrected chi connectivity index (χ2v) is 6.24. The van der Waals surface area contributed by atoms with Crippen LogP contribution in [-0.4, -0.2) is 29.0 Å². The van der Waals surface area contributed by atoms with Crippen molar-refractivity contribution in [1.29, 1.82) is 0 Å². The molecule has 2 aromatic carbocycles. The Morgan fingerprint density at radius 2 is 1.91 bits per heavy atom. The highest BCUT2D eigenvalue weighted by molar-refractivity contribution is 7.85. The molecule has 0 saturated heterocycles. The molecule has 0 aliphatic carbocycles. The van der Waals surface area contributed by atoms with E-state index in [2.05, 4.69) is 5.32 Å². The summed E-state index contributed by atoms with van der Waals surface area (Å²) in [4.78, 5) is 12.9. The van der Waals surface area contributed by atoms with E-state index in [1.807, 2.05) is 18.2 Å². The number of hydrogen-bond acceptors (Lipinski definition) is 3. The summed E-state index contributed by atoms with van der Waals surface area (Å²) in [7, 11) is -1.19. The molecular weight excluding hydrogens is 317 g/mol. The van der Waals surface area contributed by atoms with Gasteiger partial charge in [0.25, 0.3) is 5.91 Å². The number of benzene rings is 2. The molecule has 0 aliphatic rings. The quantitative estimate of drug-likeness (QED) is 0.846. The van der Waals surface area contributed by atoms with Crippen LogP contribution < -0.4 is 10.1 Å². The van der Waals surface area contributed by atoms with Crippen molar-refractivity contribution in [1.82, 2.24) is 5.32 Å². The molecule has 6 heteroatoms. The van der Waals surface area contributed by atoms with Crippen LogP contribution >= 0.6 is 0 Å². The van der Waals surface area contributed by atoms with E-state index in [-0.39, 0.29) is 30.2 Å². The summed E-state index contributed by atoms with van der Waals surface area (Å²) in [6.07, 6.45) is 0. The molecule has 122 valence electrons. The van der Waals surface area contributed by atoms with Crippen LogP contribution in [0.4, 0.5) is 4.39 Å². The molecule has 0 saturated carbocycles. The Bertz CT molecular complexity index is 691. The molecule has 0 aromatic heterocycles. The number of rotatable bonds is 7. The number of carbonyl (C=O) groups excluding carboxylic acids is 1. The lowest BCUT2D eigenvalue weighted by molar-refractivity contribution is 0.0951. The van der Waals surface area contributed by atoms with Crippen LogP contribution in [-0.2, 0) is 10.8 Å². The maximum absolute atomic E-state index is 13.7. The Hall–Kier alpha value is -2.21. The maximum Gasteiger partial charge on any atom is 0.255 e. The van der Waals surface area contributed by atoms with Gasteiger partial charge >= 0.3 is 0 Å². The van der Waals surface area contributed by atoms with Crippen LogP contribution in [0.25, 0.3) is 0 Å². The van der Waals surface area contributed by atoms with Gasteiger partial charge in [0, 0.05) is 17.2 Å². The van der Waals surface area contributed by atoms with Gasteiger partial charge in [-0.25, -0.2) is 4.39 Å². The Balaban J connectivity index is 1.95. The fourth-order valence-corrected chi connectivity index (χ4v) is 3.01. The predicted molar refractivity (Wildman–Crippen MR) is 87.6 cm³/mol. The molecule has 4 nitrogen and oxygen atoms in total. The van der Waals surface area contributed by atoms with Gasteiger partial charge in [0.2, 0.25) is 0 Å². The summed E-state index contributed by atoms with van der Waals surface area (Å²) in [5.41, 5.74) is 0.136. The van der Waals surface area contributed by atoms with Crippen molar-refractivity contribution in [2.24, 2.45) is 0 Å². The molecule has 2 rings (SSSR count). The van der Waals surface area contributed by atoms with E-state index in [4.69, 9.17) is 4.74 Å². The number of halogens is 1. The lowest BCUT2D eigenvalue weighted by Crippen LogP contribution is -2.28. The van der Waals surface area contributed by atoms with Crippen molar-refractivity contribution in [3.63, 3.8) is 0 Å². The number of amides is 1. The van der Waals surface area contributed by atoms with Crippen molar-refractivity contribution in [2.75, 3.05) is 18.9 Å². The molecule has 23 heavy (non-hydrogen) atoms. The first-order valence-corrected chi connectivity index (χ1v) is 8.58. The largest absolute Gasteiger partial charge is 0.490 e. The Morgan fingerprint density at radius 3 is 2.61 bits per heavy atom. The number of nitrogens with one attached hydrogen (secondary N) is 1. The molecule has 0 spiro atoms. The lowest BCUT2D eigenvalue weighted by atomic mass is 10.2. The summed E-state index contributed by atoms with van der Waals surface area (Å²) in [5, 5.41) is 2.65. The second-order valence-electron chi connectivity index (χ2n) is 4.67. The lowest BCUT2D eigenvalue weighted by Gasteiger charge is -2.11. The normalized spacial score (nSPS) is 11.7. The zero-order valence-electron chi connectivity index (χ0n) is 12.8. The van der Waals surface area contributed by atoms with Gasteiger partial charge in [-0.05, 0) is 31.2 Å². The Labute approximate surface area is 137 Å². The van der Waals surface area contributed by atoms with Gasteiger partial charge in [0.1, 0.15) is 0 Å². The number of ether oxygens (including phenoxy) is 1. The molecule has 1 unspecified atom stereocenters. The summed E-state index contributed by atoms with van der Waals surface area (Å²) in [6, 6.07) is 13.2. The van der Waals surface area contributed by atoms with Gasteiger partial charge in [-0.2, -0.15) is 0 Å². The van der Waals surface area contributed by atoms with Crippen LogP contribution in [0.3, 0.4) is 0 Å². The van der Waals surface area contributed by atoms with Crippen LogP contribution in [0.1, 0.15) is 17.3 Å². The molecule has 0 fully saturated rings. The molecule has 0 bridgehead atoms. The molecular formula is C17H18FNO3S. The summed E-state index contributed by atoms with van der Waals surface area (Å²) < 4.78 is 31.0. The van der Waals surface area contributed by atoms with E-state index in [1.165, 1.54) is 18.2 Å². The molecule has 2 aromatic rings. The minimum Gasteiger partial charge on any atom is -0.490 e. The highest BCUT2D eigenvalue weighted by Gasteiger charge is 2.16. The van der Waals surface area contributed by atoms with Crippen LogP contribution in [0.2, 0.25) is 0 Å². The smallest absolute Gasteiger partial charge is 0.255 e. The highest BCUT2D eigenvalue weighted by Crippen LogP contribution is 2.22. The van der Waals surface area contributed by atoms with Gasteiger partial charge in [0.05, 0.1) is 23.0 Å². The zero-order valence-corrected chi connectivity index (χ0v) is 13.6. The second kappa shape index (κ2) is 8.43. The first-order chi connectivity index (χ1) is 11.1. The highest BCUT2D eigenvalue weighted by atomic mass is 32.2. The Morgan fingerprint density at radius 1 is 1.17 bits per heavy atom. The molecule has 1 atom stereocenters. The molecule has 1 N–H and O–H groups in total. The van der Waals surface area contributed by atoms with E-state index in [0.29, 0.717) is 4.90 Å². The number of para-hydroxylation sites is 1. The van der Waals surface area contributed by atoms with Crippen molar-refractivity contribution in [3.8, 4) is 5.75 Å². The Kier molecular flexibility index (Phi) is 6.29. The summed E-state index contributed by atoms with van der Waals surface area (Å²) in [5.74, 6) is -0.795. The molecule has 0 aliphatic heterocycles. The maximum atomic E-state index is 13.7. The first kappa shape index (κ1) is 17.1. The fraction of sp³-hybridized carbons (Fsp3) is 0.235. The number of carbonyl (C=O) groups is 1. The van der Waals surface area contributed by atoms with Crippen LogP contribution in [0.5, 0.6) is 5.75 Å². The van der Waals surface area contributed by atoms with E-state index in [0.717, 1.165) is 0 Å². The first-order valence-electron chi connectivity index (χ1n) is 7.26. The zero-order chi connectivity index (χ0) is 16.7. The fourth-order valence-electron chi connectivity index (χ4n) is 2.02. The van der Waals surface area contributed by atoms with E-state index in [1.54, 1.807) is 19.1 Å². The van der Waals surface area contributed by atoms with Crippen LogP contribution in [0.15, 0.2) is 53.4 Å². The SMILES string of the molecule is CCOc1c(F)cccc1C(=O)NCCS(=O)c1ccccc1. The third-order valence-electron chi connectivity index (χ3n) is 3.08. The molecule has 1 amide bonds. The minimum atomic E-state index is -1.19.